The second-order valence-electron chi connectivity index (χ2n) is 8.22. The van der Waals surface area contributed by atoms with Gasteiger partial charge >= 0.3 is 18.0 Å². The number of carbonyl (C=O) groups excluding carboxylic acids is 2. The van der Waals surface area contributed by atoms with Gasteiger partial charge in [-0.1, -0.05) is 0 Å². The zero-order chi connectivity index (χ0) is 28.3. The number of urea groups is 1. The second-order valence-corrected chi connectivity index (χ2v) is 9.07. The van der Waals surface area contributed by atoms with Crippen molar-refractivity contribution < 1.29 is 27.2 Å². The smallest absolute Gasteiger partial charge is 0.388 e. The first kappa shape index (κ1) is 27.4. The number of alkyl halides is 3. The Hall–Kier alpha value is -4.60. The van der Waals surface area contributed by atoms with E-state index in [1.807, 2.05) is 0 Å². The fraction of sp³-hybridized carbons (Fsp3) is 0.261. The first-order chi connectivity index (χ1) is 18.5. The molecule has 0 radical (unpaired) electrons. The Bertz CT molecular complexity index is 1580. The lowest BCUT2D eigenvalue weighted by Gasteiger charge is -2.11. The minimum atomic E-state index is -4.64. The highest BCUT2D eigenvalue weighted by molar-refractivity contribution is 7.13. The topological polar surface area (TPSA) is 148 Å². The molecule has 0 saturated carbocycles. The molecule has 0 bridgehead atoms. The van der Waals surface area contributed by atoms with Crippen LogP contribution in [-0.4, -0.2) is 62.2 Å². The number of nitrogens with zero attached hydrogens (tertiary/aromatic N) is 6. The van der Waals surface area contributed by atoms with Crippen LogP contribution in [0.4, 0.5) is 23.8 Å². The summed E-state index contributed by atoms with van der Waals surface area (Å²) in [7, 11) is 3.06. The summed E-state index contributed by atoms with van der Waals surface area (Å²) in [6.07, 6.45) is -0.479. The van der Waals surface area contributed by atoms with Crippen LogP contribution in [0.25, 0.3) is 33.2 Å². The van der Waals surface area contributed by atoms with Gasteiger partial charge in [0.1, 0.15) is 17.4 Å². The highest BCUT2D eigenvalue weighted by Gasteiger charge is 2.34. The summed E-state index contributed by atoms with van der Waals surface area (Å²) in [4.78, 5) is 49.6. The number of hydrogen-bond donors (Lipinski definition) is 2. The fourth-order valence-corrected chi connectivity index (χ4v) is 4.13. The zero-order valence-electron chi connectivity index (χ0n) is 20.7. The molecule has 0 aliphatic rings. The van der Waals surface area contributed by atoms with Crippen molar-refractivity contribution in [2.45, 2.75) is 19.6 Å². The van der Waals surface area contributed by atoms with Crippen molar-refractivity contribution in [3.05, 3.63) is 52.3 Å². The molecule has 16 heteroatoms. The highest BCUT2D eigenvalue weighted by Crippen LogP contribution is 2.38. The molecule has 204 valence electrons. The van der Waals surface area contributed by atoms with Crippen LogP contribution in [0.1, 0.15) is 12.6 Å². The van der Waals surface area contributed by atoms with Gasteiger partial charge in [-0.2, -0.15) is 17.9 Å². The van der Waals surface area contributed by atoms with Crippen molar-refractivity contribution in [1.29, 1.82) is 0 Å². The third-order valence-corrected chi connectivity index (χ3v) is 6.07. The van der Waals surface area contributed by atoms with E-state index in [9.17, 15) is 27.6 Å². The van der Waals surface area contributed by atoms with E-state index in [4.69, 9.17) is 4.42 Å². The van der Waals surface area contributed by atoms with Crippen LogP contribution in [0.15, 0.2) is 45.3 Å². The molecule has 4 heterocycles. The van der Waals surface area contributed by atoms with Crippen molar-refractivity contribution >= 4 is 29.1 Å². The third kappa shape index (κ3) is 6.28. The predicted molar refractivity (Wildman–Crippen MR) is 135 cm³/mol. The molecule has 4 rings (SSSR count). The molecule has 0 atom stereocenters. The number of thiazole rings is 1. The molecule has 12 nitrogen and oxygen atoms in total. The number of halogens is 3. The van der Waals surface area contributed by atoms with Crippen LogP contribution in [0.5, 0.6) is 0 Å². The molecule has 0 aliphatic heterocycles. The van der Waals surface area contributed by atoms with Gasteiger partial charge in [0, 0.05) is 61.3 Å². The molecule has 4 aromatic rings. The molecule has 39 heavy (non-hydrogen) atoms. The Morgan fingerprint density at radius 2 is 1.87 bits per heavy atom. The van der Waals surface area contributed by atoms with E-state index >= 15 is 0 Å². The number of anilines is 1. The standard InChI is InChI=1S/C23H21F3N8O4S/c1-4-28-21(36)31-17-6-14(20-30-16(11-39-20)23(24,25)26)15(9-29-17)12-5-13(8-27-7-12)19-32-34(22(37)38-19)10-18(35)33(2)3/h5-9,11H,4,10H2,1-3H3,(H2,28,29,31,36). The van der Waals surface area contributed by atoms with Gasteiger partial charge in [-0.3, -0.25) is 15.1 Å². The van der Waals surface area contributed by atoms with Gasteiger partial charge in [-0.15, -0.1) is 16.4 Å². The Morgan fingerprint density at radius 3 is 2.54 bits per heavy atom. The van der Waals surface area contributed by atoms with Crippen LogP contribution in [0.3, 0.4) is 0 Å². The maximum absolute atomic E-state index is 13.3. The number of likely N-dealkylation sites (N-methyl/N-ethyl adjacent to an activating group) is 1. The van der Waals surface area contributed by atoms with E-state index in [1.54, 1.807) is 13.0 Å². The minimum Gasteiger partial charge on any atom is -0.388 e. The van der Waals surface area contributed by atoms with E-state index in [1.165, 1.54) is 43.7 Å². The first-order valence-electron chi connectivity index (χ1n) is 11.3. The van der Waals surface area contributed by atoms with Crippen LogP contribution >= 0.6 is 11.3 Å². The number of nitrogens with one attached hydrogen (secondary N) is 2. The van der Waals surface area contributed by atoms with Crippen molar-refractivity contribution in [2.24, 2.45) is 0 Å². The van der Waals surface area contributed by atoms with Crippen molar-refractivity contribution in [1.82, 2.24) is 34.9 Å². The molecule has 0 fully saturated rings. The zero-order valence-corrected chi connectivity index (χ0v) is 21.6. The van der Waals surface area contributed by atoms with Gasteiger partial charge < -0.3 is 14.6 Å². The van der Waals surface area contributed by atoms with Gasteiger partial charge in [0.2, 0.25) is 5.91 Å². The molecule has 2 N–H and O–H groups in total. The Kier molecular flexibility index (Phi) is 7.75. The van der Waals surface area contributed by atoms with E-state index < -0.39 is 23.7 Å². The number of hydrogen-bond acceptors (Lipinski definition) is 9. The molecule has 4 aromatic heterocycles. The van der Waals surface area contributed by atoms with Crippen LogP contribution in [0.2, 0.25) is 0 Å². The Morgan fingerprint density at radius 1 is 1.13 bits per heavy atom. The third-order valence-electron chi connectivity index (χ3n) is 5.19. The highest BCUT2D eigenvalue weighted by atomic mass is 32.1. The SMILES string of the molecule is CCNC(=O)Nc1cc(-c2nc(C(F)(F)F)cs2)c(-c2cncc(-c3nn(CC(=O)N(C)C)c(=O)o3)c2)cn1. The summed E-state index contributed by atoms with van der Waals surface area (Å²) in [5, 5.41) is 10.0. The lowest BCUT2D eigenvalue weighted by atomic mass is 10.0. The van der Waals surface area contributed by atoms with Crippen molar-refractivity contribution in [3.8, 4) is 33.2 Å². The summed E-state index contributed by atoms with van der Waals surface area (Å²) >= 11 is 0.771. The van der Waals surface area contributed by atoms with E-state index in [2.05, 4.69) is 30.7 Å². The van der Waals surface area contributed by atoms with E-state index in [0.717, 1.165) is 21.4 Å². The minimum absolute atomic E-state index is 0.0297. The molecule has 0 saturated heterocycles. The maximum atomic E-state index is 13.3. The molecule has 3 amide bonds. The number of carbonyl (C=O) groups is 2. The summed E-state index contributed by atoms with van der Waals surface area (Å²) in [5.41, 5.74) is 0.198. The van der Waals surface area contributed by atoms with E-state index in [0.29, 0.717) is 17.7 Å². The summed E-state index contributed by atoms with van der Waals surface area (Å²) < 4.78 is 45.9. The van der Waals surface area contributed by atoms with Crippen LogP contribution in [-0.2, 0) is 17.5 Å². The Balaban J connectivity index is 1.76. The molecular weight excluding hydrogens is 541 g/mol. The van der Waals surface area contributed by atoms with Gasteiger partial charge in [0.25, 0.3) is 5.89 Å². The molecule has 0 unspecified atom stereocenters. The van der Waals surface area contributed by atoms with Gasteiger partial charge in [0.05, 0.1) is 5.56 Å². The second kappa shape index (κ2) is 11.0. The molecule has 0 aliphatic carbocycles. The Labute approximate surface area is 222 Å². The lowest BCUT2D eigenvalue weighted by Crippen LogP contribution is -2.30. The number of rotatable bonds is 7. The maximum Gasteiger partial charge on any atom is 0.437 e. The van der Waals surface area contributed by atoms with Gasteiger partial charge in [-0.05, 0) is 19.1 Å². The average Bonchev–Trinajstić information content (AvgIpc) is 3.52. The summed E-state index contributed by atoms with van der Waals surface area (Å²) in [5.74, 6) is -1.25. The van der Waals surface area contributed by atoms with Gasteiger partial charge in [-0.25, -0.2) is 19.6 Å². The largest absolute Gasteiger partial charge is 0.437 e. The van der Waals surface area contributed by atoms with E-state index in [-0.39, 0.29) is 40.3 Å². The number of aromatic nitrogens is 5. The predicted octanol–water partition coefficient (Wildman–Crippen LogP) is 3.33. The van der Waals surface area contributed by atoms with Gasteiger partial charge in [0.15, 0.2) is 5.69 Å². The fourth-order valence-electron chi connectivity index (χ4n) is 3.28. The van der Waals surface area contributed by atoms with Crippen LogP contribution in [0, 0.1) is 0 Å². The first-order valence-corrected chi connectivity index (χ1v) is 12.2. The number of pyridine rings is 2. The van der Waals surface area contributed by atoms with Crippen molar-refractivity contribution in [3.63, 3.8) is 0 Å². The quantitative estimate of drug-likeness (QED) is 0.349. The molecule has 0 spiro atoms. The van der Waals surface area contributed by atoms with Crippen LogP contribution < -0.4 is 16.4 Å². The molecule has 0 aromatic carbocycles. The van der Waals surface area contributed by atoms with Crippen molar-refractivity contribution in [2.75, 3.05) is 26.0 Å². The average molecular weight is 563 g/mol. The molecular formula is C23H21F3N8O4S. The normalized spacial score (nSPS) is 11.3. The lowest BCUT2D eigenvalue weighted by molar-refractivity contribution is -0.140. The number of amides is 3. The summed E-state index contributed by atoms with van der Waals surface area (Å²) in [6, 6.07) is 2.41. The summed E-state index contributed by atoms with van der Waals surface area (Å²) in [6.45, 7) is 1.75. The monoisotopic (exact) mass is 562 g/mol.